The highest BCUT2D eigenvalue weighted by molar-refractivity contribution is 6.11. The van der Waals surface area contributed by atoms with Crippen molar-refractivity contribution >= 4 is 28.1 Å². The Morgan fingerprint density at radius 3 is 2.32 bits per heavy atom. The lowest BCUT2D eigenvalue weighted by molar-refractivity contribution is 0.0775. The molecular formula is C22H23N5O. The molecule has 0 aliphatic rings. The van der Waals surface area contributed by atoms with Crippen molar-refractivity contribution in [1.29, 1.82) is 0 Å². The Hall–Kier alpha value is -3.50. The zero-order valence-corrected chi connectivity index (χ0v) is 16.3. The highest BCUT2D eigenvalue weighted by Crippen LogP contribution is 2.39. The van der Waals surface area contributed by atoms with E-state index in [0.717, 1.165) is 27.5 Å². The van der Waals surface area contributed by atoms with Crippen LogP contribution < -0.4 is 5.73 Å². The van der Waals surface area contributed by atoms with Crippen molar-refractivity contribution in [3.8, 4) is 11.1 Å². The van der Waals surface area contributed by atoms with Crippen molar-refractivity contribution in [2.24, 2.45) is 5.11 Å². The number of amides is 1. The van der Waals surface area contributed by atoms with Crippen LogP contribution in [0.25, 0.3) is 32.3 Å². The second-order valence-corrected chi connectivity index (χ2v) is 6.56. The summed E-state index contributed by atoms with van der Waals surface area (Å²) < 4.78 is 0. The van der Waals surface area contributed by atoms with Gasteiger partial charge >= 0.3 is 0 Å². The van der Waals surface area contributed by atoms with Gasteiger partial charge in [-0.05, 0) is 59.8 Å². The van der Waals surface area contributed by atoms with Crippen molar-refractivity contribution in [3.05, 3.63) is 70.1 Å². The summed E-state index contributed by atoms with van der Waals surface area (Å²) in [5.74, 6) is -0.169. The molecule has 0 aromatic heterocycles. The predicted octanol–water partition coefficient (Wildman–Crippen LogP) is 5.82. The molecule has 142 valence electrons. The first-order valence-electron chi connectivity index (χ1n) is 9.29. The number of hydrogen-bond acceptors (Lipinski definition) is 3. The van der Waals surface area contributed by atoms with Gasteiger partial charge in [0.25, 0.3) is 5.91 Å². The van der Waals surface area contributed by atoms with Crippen LogP contribution in [0.2, 0.25) is 0 Å². The maximum atomic E-state index is 13.3. The van der Waals surface area contributed by atoms with E-state index in [-0.39, 0.29) is 17.3 Å². The molecule has 0 fully saturated rings. The Labute approximate surface area is 164 Å². The SMILES string of the molecule is CCN(CC)C(=O)c1c(-c2ccc(C)c3ccccc23)ccc(N=[N+]=[N-])c1N. The number of anilines is 1. The molecule has 0 heterocycles. The summed E-state index contributed by atoms with van der Waals surface area (Å²) in [7, 11) is 0. The van der Waals surface area contributed by atoms with Crippen molar-refractivity contribution in [1.82, 2.24) is 4.90 Å². The fourth-order valence-electron chi connectivity index (χ4n) is 3.55. The summed E-state index contributed by atoms with van der Waals surface area (Å²) in [6, 6.07) is 15.6. The highest BCUT2D eigenvalue weighted by Gasteiger charge is 2.23. The summed E-state index contributed by atoms with van der Waals surface area (Å²) in [4.78, 5) is 17.8. The summed E-state index contributed by atoms with van der Waals surface area (Å²) in [6.45, 7) is 7.04. The topological polar surface area (TPSA) is 95.1 Å². The first kappa shape index (κ1) is 19.3. The van der Waals surface area contributed by atoms with E-state index in [1.165, 1.54) is 0 Å². The number of carbonyl (C=O) groups is 1. The quantitative estimate of drug-likeness (QED) is 0.264. The third kappa shape index (κ3) is 3.26. The van der Waals surface area contributed by atoms with Crippen LogP contribution in [-0.2, 0) is 0 Å². The van der Waals surface area contributed by atoms with E-state index in [4.69, 9.17) is 11.3 Å². The van der Waals surface area contributed by atoms with E-state index in [1.54, 1.807) is 11.0 Å². The summed E-state index contributed by atoms with van der Waals surface area (Å²) in [5, 5.41) is 5.83. The minimum atomic E-state index is -0.169. The molecule has 0 aliphatic heterocycles. The van der Waals surface area contributed by atoms with Gasteiger partial charge in [-0.1, -0.05) is 47.6 Å². The first-order chi connectivity index (χ1) is 13.5. The Balaban J connectivity index is 2.36. The Morgan fingerprint density at radius 2 is 1.68 bits per heavy atom. The largest absolute Gasteiger partial charge is 0.398 e. The van der Waals surface area contributed by atoms with Crippen LogP contribution in [0.4, 0.5) is 11.4 Å². The molecule has 0 bridgehead atoms. The number of fused-ring (bicyclic) bond motifs is 1. The van der Waals surface area contributed by atoms with E-state index in [0.29, 0.717) is 18.7 Å². The molecule has 0 aliphatic carbocycles. The number of azide groups is 1. The van der Waals surface area contributed by atoms with Gasteiger partial charge in [0.2, 0.25) is 0 Å². The third-order valence-corrected chi connectivity index (χ3v) is 5.07. The zero-order valence-electron chi connectivity index (χ0n) is 16.3. The van der Waals surface area contributed by atoms with Crippen LogP contribution in [0.3, 0.4) is 0 Å². The van der Waals surface area contributed by atoms with Crippen LogP contribution in [0, 0.1) is 6.92 Å². The zero-order chi connectivity index (χ0) is 20.3. The molecule has 0 radical (unpaired) electrons. The maximum absolute atomic E-state index is 13.3. The Morgan fingerprint density at radius 1 is 1.04 bits per heavy atom. The van der Waals surface area contributed by atoms with Crippen LogP contribution in [0.1, 0.15) is 29.8 Å². The molecule has 28 heavy (non-hydrogen) atoms. The van der Waals surface area contributed by atoms with Crippen molar-refractivity contribution in [2.45, 2.75) is 20.8 Å². The number of carbonyl (C=O) groups excluding carboxylic acids is 1. The van der Waals surface area contributed by atoms with E-state index in [1.807, 2.05) is 50.2 Å². The Kier molecular flexibility index (Phi) is 5.52. The van der Waals surface area contributed by atoms with Crippen LogP contribution >= 0.6 is 0 Å². The van der Waals surface area contributed by atoms with Crippen molar-refractivity contribution < 1.29 is 4.79 Å². The lowest BCUT2D eigenvalue weighted by Gasteiger charge is -2.23. The lowest BCUT2D eigenvalue weighted by Crippen LogP contribution is -2.31. The molecule has 1 amide bonds. The molecular weight excluding hydrogens is 350 g/mol. The number of nitrogens with two attached hydrogens (primary N) is 1. The second-order valence-electron chi connectivity index (χ2n) is 6.56. The molecule has 3 aromatic carbocycles. The van der Waals surface area contributed by atoms with E-state index in [2.05, 4.69) is 23.0 Å². The lowest BCUT2D eigenvalue weighted by atomic mass is 9.91. The highest BCUT2D eigenvalue weighted by atomic mass is 16.2. The number of aryl methyl sites for hydroxylation is 1. The van der Waals surface area contributed by atoms with E-state index in [9.17, 15) is 4.79 Å². The van der Waals surface area contributed by atoms with Gasteiger partial charge in [0.1, 0.15) is 0 Å². The van der Waals surface area contributed by atoms with Gasteiger partial charge in [0.05, 0.1) is 16.9 Å². The number of nitrogen functional groups attached to an aromatic ring is 1. The summed E-state index contributed by atoms with van der Waals surface area (Å²) in [5.41, 5.74) is 18.8. The van der Waals surface area contributed by atoms with Gasteiger partial charge in [0.15, 0.2) is 0 Å². The number of benzene rings is 3. The minimum Gasteiger partial charge on any atom is -0.398 e. The number of hydrogen-bond donors (Lipinski definition) is 1. The molecule has 0 unspecified atom stereocenters. The fourth-order valence-corrected chi connectivity index (χ4v) is 3.55. The molecule has 0 saturated heterocycles. The monoisotopic (exact) mass is 373 g/mol. The fraction of sp³-hybridized carbons (Fsp3) is 0.227. The van der Waals surface area contributed by atoms with Gasteiger partial charge in [-0.2, -0.15) is 0 Å². The van der Waals surface area contributed by atoms with Crippen molar-refractivity contribution in [2.75, 3.05) is 18.8 Å². The molecule has 0 spiro atoms. The maximum Gasteiger partial charge on any atom is 0.256 e. The van der Waals surface area contributed by atoms with Crippen molar-refractivity contribution in [3.63, 3.8) is 0 Å². The van der Waals surface area contributed by atoms with Gasteiger partial charge in [-0.25, -0.2) is 0 Å². The predicted molar refractivity (Wildman–Crippen MR) is 115 cm³/mol. The van der Waals surface area contributed by atoms with Gasteiger partial charge in [0, 0.05) is 18.0 Å². The third-order valence-electron chi connectivity index (χ3n) is 5.07. The average Bonchev–Trinajstić information content (AvgIpc) is 2.71. The van der Waals surface area contributed by atoms with Gasteiger partial charge in [-0.15, -0.1) is 0 Å². The van der Waals surface area contributed by atoms with Crippen LogP contribution in [0.15, 0.2) is 53.6 Å². The molecule has 6 nitrogen and oxygen atoms in total. The van der Waals surface area contributed by atoms with Gasteiger partial charge in [-0.3, -0.25) is 4.79 Å². The normalized spacial score (nSPS) is 10.5. The van der Waals surface area contributed by atoms with E-state index >= 15 is 0 Å². The molecule has 2 N–H and O–H groups in total. The Bertz CT molecular complexity index is 1100. The number of rotatable bonds is 5. The first-order valence-corrected chi connectivity index (χ1v) is 9.29. The summed E-state index contributed by atoms with van der Waals surface area (Å²) >= 11 is 0. The second kappa shape index (κ2) is 8.03. The number of nitrogens with zero attached hydrogens (tertiary/aromatic N) is 4. The molecule has 6 heteroatoms. The van der Waals surface area contributed by atoms with Crippen LogP contribution in [0.5, 0.6) is 0 Å². The van der Waals surface area contributed by atoms with E-state index < -0.39 is 0 Å². The van der Waals surface area contributed by atoms with Crippen LogP contribution in [-0.4, -0.2) is 23.9 Å². The smallest absolute Gasteiger partial charge is 0.256 e. The molecule has 3 rings (SSSR count). The molecule has 0 atom stereocenters. The molecule has 0 saturated carbocycles. The average molecular weight is 373 g/mol. The minimum absolute atomic E-state index is 0.169. The standard InChI is InChI=1S/C22H23N5O/c1-4-27(5-2)22(28)20-18(12-13-19(21(20)23)25-26-24)17-11-10-14(3)15-8-6-7-9-16(15)17/h6-13H,4-5,23H2,1-3H3. The van der Waals surface area contributed by atoms with Gasteiger partial charge < -0.3 is 10.6 Å². The summed E-state index contributed by atoms with van der Waals surface area (Å²) in [6.07, 6.45) is 0. The molecule has 3 aromatic rings.